The van der Waals surface area contributed by atoms with Crippen molar-refractivity contribution in [3.05, 3.63) is 28.8 Å². The van der Waals surface area contributed by atoms with Crippen LogP contribution in [0.15, 0.2) is 18.2 Å². The average Bonchev–Trinajstić information content (AvgIpc) is 2.76. The van der Waals surface area contributed by atoms with Gasteiger partial charge in [0.2, 0.25) is 0 Å². The summed E-state index contributed by atoms with van der Waals surface area (Å²) in [4.78, 5) is 0.631. The average molecular weight is 372 g/mol. The second-order valence-electron chi connectivity index (χ2n) is 6.56. The summed E-state index contributed by atoms with van der Waals surface area (Å²) < 4.78 is 6.38. The molecule has 116 valence electrons. The van der Waals surface area contributed by atoms with Crippen LogP contribution in [-0.4, -0.2) is 10.9 Å². The number of hydrogen-bond acceptors (Lipinski definition) is 1. The molecule has 1 nitrogen and oxygen atoms in total. The lowest BCUT2D eigenvalue weighted by Gasteiger charge is -2.53. The fourth-order valence-corrected chi connectivity index (χ4v) is 5.29. The van der Waals surface area contributed by atoms with Gasteiger partial charge in [0.25, 0.3) is 0 Å². The van der Waals surface area contributed by atoms with Gasteiger partial charge >= 0.3 is 0 Å². The molecule has 0 saturated heterocycles. The summed E-state index contributed by atoms with van der Waals surface area (Å²) >= 11 is 10.1. The normalized spacial score (nSPS) is 28.0. The third-order valence-corrected chi connectivity index (χ3v) is 7.05. The van der Waals surface area contributed by atoms with Crippen LogP contribution in [0.4, 0.5) is 0 Å². The van der Waals surface area contributed by atoms with E-state index in [4.69, 9.17) is 16.3 Å². The highest BCUT2D eigenvalue weighted by Gasteiger charge is 2.54. The molecule has 1 spiro atoms. The van der Waals surface area contributed by atoms with Crippen molar-refractivity contribution in [2.75, 3.05) is 0 Å². The summed E-state index contributed by atoms with van der Waals surface area (Å²) in [6.45, 7) is 2.13. The number of rotatable bonds is 3. The van der Waals surface area contributed by atoms with Crippen LogP contribution in [0.3, 0.4) is 0 Å². The van der Waals surface area contributed by atoms with Gasteiger partial charge in [-0.2, -0.15) is 0 Å². The van der Waals surface area contributed by atoms with Crippen LogP contribution in [0.25, 0.3) is 0 Å². The Morgan fingerprint density at radius 2 is 1.95 bits per heavy atom. The molecule has 3 rings (SSSR count). The number of ether oxygens (including phenoxy) is 1. The molecule has 2 aliphatic rings. The van der Waals surface area contributed by atoms with Crippen LogP contribution >= 0.6 is 27.5 Å². The Morgan fingerprint density at radius 3 is 2.57 bits per heavy atom. The Labute approximate surface area is 141 Å². The van der Waals surface area contributed by atoms with Crippen LogP contribution < -0.4 is 4.74 Å². The van der Waals surface area contributed by atoms with Gasteiger partial charge in [-0.25, -0.2) is 0 Å². The second-order valence-corrected chi connectivity index (χ2v) is 8.08. The molecule has 0 aromatic heterocycles. The van der Waals surface area contributed by atoms with Gasteiger partial charge in [-0.15, -0.1) is 0 Å². The number of aryl methyl sites for hydroxylation is 1. The summed E-state index contributed by atoms with van der Waals surface area (Å²) in [6.07, 6.45) is 10.5. The molecule has 21 heavy (non-hydrogen) atoms. The maximum Gasteiger partial charge on any atom is 0.120 e. The van der Waals surface area contributed by atoms with Gasteiger partial charge in [-0.3, -0.25) is 0 Å². The van der Waals surface area contributed by atoms with Crippen LogP contribution in [-0.2, 0) is 6.42 Å². The lowest BCUT2D eigenvalue weighted by molar-refractivity contribution is -0.0462. The second kappa shape index (κ2) is 6.50. The summed E-state index contributed by atoms with van der Waals surface area (Å²) in [5.41, 5.74) is 1.54. The molecular weight excluding hydrogens is 348 g/mol. The van der Waals surface area contributed by atoms with Crippen molar-refractivity contribution in [1.82, 2.24) is 0 Å². The zero-order chi connectivity index (χ0) is 14.9. The van der Waals surface area contributed by atoms with Gasteiger partial charge in [0, 0.05) is 15.3 Å². The molecule has 2 saturated carbocycles. The van der Waals surface area contributed by atoms with Gasteiger partial charge in [0.05, 0.1) is 0 Å². The van der Waals surface area contributed by atoms with E-state index in [1.807, 2.05) is 12.1 Å². The summed E-state index contributed by atoms with van der Waals surface area (Å²) in [7, 11) is 0. The lowest BCUT2D eigenvalue weighted by Crippen LogP contribution is -2.56. The fraction of sp³-hybridized carbons (Fsp3) is 0.667. The maximum atomic E-state index is 6.38. The fourth-order valence-electron chi connectivity index (χ4n) is 3.95. The monoisotopic (exact) mass is 370 g/mol. The van der Waals surface area contributed by atoms with Gasteiger partial charge in [0.15, 0.2) is 0 Å². The van der Waals surface area contributed by atoms with Crippen molar-refractivity contribution in [2.24, 2.45) is 5.41 Å². The predicted molar refractivity (Wildman–Crippen MR) is 92.7 cm³/mol. The molecule has 3 heteroatoms. The molecule has 2 aliphatic carbocycles. The topological polar surface area (TPSA) is 9.23 Å². The lowest BCUT2D eigenvalue weighted by atomic mass is 9.61. The quantitative estimate of drug-likeness (QED) is 0.578. The molecule has 1 aromatic carbocycles. The van der Waals surface area contributed by atoms with Crippen molar-refractivity contribution in [3.63, 3.8) is 0 Å². The highest BCUT2D eigenvalue weighted by Crippen LogP contribution is 2.55. The van der Waals surface area contributed by atoms with Gasteiger partial charge < -0.3 is 4.74 Å². The van der Waals surface area contributed by atoms with E-state index in [0.29, 0.717) is 16.3 Å². The molecule has 0 N–H and O–H groups in total. The zero-order valence-electron chi connectivity index (χ0n) is 12.7. The van der Waals surface area contributed by atoms with Crippen LogP contribution in [0.1, 0.15) is 57.4 Å². The minimum Gasteiger partial charge on any atom is -0.490 e. The van der Waals surface area contributed by atoms with Crippen LogP contribution in [0.2, 0.25) is 5.02 Å². The number of halogens is 2. The van der Waals surface area contributed by atoms with Gasteiger partial charge in [-0.1, -0.05) is 60.1 Å². The predicted octanol–water partition coefficient (Wildman–Crippen LogP) is 6.16. The van der Waals surface area contributed by atoms with E-state index in [9.17, 15) is 0 Å². The summed E-state index contributed by atoms with van der Waals surface area (Å²) in [6, 6.07) is 6.11. The summed E-state index contributed by atoms with van der Waals surface area (Å²) in [5, 5.41) is 0.848. The van der Waals surface area contributed by atoms with E-state index in [-0.39, 0.29) is 0 Å². The van der Waals surface area contributed by atoms with Crippen molar-refractivity contribution >= 4 is 27.5 Å². The standard InChI is InChI=1S/C18H24BrClO/c1-2-13-11-14(7-8-15(13)20)21-17-12-16(19)18(17)9-5-3-4-6-10-18/h7-8,11,16-17H,2-6,9-10,12H2,1H3. The molecule has 2 fully saturated rings. The molecule has 1 aromatic rings. The maximum absolute atomic E-state index is 6.38. The van der Waals surface area contributed by atoms with E-state index in [2.05, 4.69) is 28.9 Å². The van der Waals surface area contributed by atoms with E-state index < -0.39 is 0 Å². The smallest absolute Gasteiger partial charge is 0.120 e. The SMILES string of the molecule is CCc1cc(OC2CC(Br)C23CCCCCC3)ccc1Cl. The number of alkyl halides is 1. The largest absolute Gasteiger partial charge is 0.490 e. The van der Waals surface area contributed by atoms with Crippen molar-refractivity contribution in [2.45, 2.75) is 69.2 Å². The minimum absolute atomic E-state index is 0.364. The molecule has 2 atom stereocenters. The molecular formula is C18H24BrClO. The minimum atomic E-state index is 0.364. The van der Waals surface area contributed by atoms with Gasteiger partial charge in [-0.05, 0) is 49.4 Å². The molecule has 0 amide bonds. The Morgan fingerprint density at radius 1 is 1.24 bits per heavy atom. The van der Waals surface area contributed by atoms with E-state index >= 15 is 0 Å². The van der Waals surface area contributed by atoms with Crippen molar-refractivity contribution in [3.8, 4) is 5.75 Å². The summed E-state index contributed by atoms with van der Waals surface area (Å²) in [5.74, 6) is 0.990. The first kappa shape index (κ1) is 15.7. The first-order valence-corrected chi connectivity index (χ1v) is 9.54. The number of benzene rings is 1. The third-order valence-electron chi connectivity index (χ3n) is 5.40. The Hall–Kier alpha value is -0.210. The van der Waals surface area contributed by atoms with Crippen molar-refractivity contribution in [1.29, 1.82) is 0 Å². The molecule has 2 unspecified atom stereocenters. The molecule has 0 aliphatic heterocycles. The Balaban J connectivity index is 1.75. The van der Waals surface area contributed by atoms with E-state index in [0.717, 1.165) is 23.6 Å². The van der Waals surface area contributed by atoms with Crippen LogP contribution in [0, 0.1) is 5.41 Å². The first-order valence-electron chi connectivity index (χ1n) is 8.25. The first-order chi connectivity index (χ1) is 10.2. The third kappa shape index (κ3) is 2.99. The Kier molecular flexibility index (Phi) is 4.85. The zero-order valence-corrected chi connectivity index (χ0v) is 15.0. The van der Waals surface area contributed by atoms with Crippen molar-refractivity contribution < 1.29 is 4.74 Å². The molecule has 0 heterocycles. The Bertz CT molecular complexity index is 494. The highest BCUT2D eigenvalue weighted by atomic mass is 79.9. The van der Waals surface area contributed by atoms with Crippen LogP contribution in [0.5, 0.6) is 5.75 Å². The molecule has 0 radical (unpaired) electrons. The van der Waals surface area contributed by atoms with E-state index in [1.165, 1.54) is 44.1 Å². The number of hydrogen-bond donors (Lipinski definition) is 0. The molecule has 0 bridgehead atoms. The van der Waals surface area contributed by atoms with E-state index in [1.54, 1.807) is 0 Å². The highest BCUT2D eigenvalue weighted by molar-refractivity contribution is 9.09. The van der Waals surface area contributed by atoms with Gasteiger partial charge in [0.1, 0.15) is 11.9 Å².